The zero-order valence-electron chi connectivity index (χ0n) is 11.4. The fourth-order valence-corrected chi connectivity index (χ4v) is 1.95. The van der Waals surface area contributed by atoms with E-state index in [-0.39, 0.29) is 12.4 Å². The number of benzene rings is 1. The van der Waals surface area contributed by atoms with Gasteiger partial charge in [-0.25, -0.2) is 0 Å². The van der Waals surface area contributed by atoms with Crippen molar-refractivity contribution >= 4 is 23.2 Å². The van der Waals surface area contributed by atoms with E-state index in [1.807, 2.05) is 0 Å². The lowest BCUT2D eigenvalue weighted by molar-refractivity contribution is -0.402. The number of hydrogen-bond acceptors (Lipinski definition) is 6. The molecule has 0 amide bonds. The van der Waals surface area contributed by atoms with Crippen LogP contribution in [0.25, 0.3) is 0 Å². The van der Waals surface area contributed by atoms with Crippen molar-refractivity contribution in [1.82, 2.24) is 0 Å². The highest BCUT2D eigenvalue weighted by Crippen LogP contribution is 2.36. The predicted molar refractivity (Wildman–Crippen MR) is 77.2 cm³/mol. The minimum absolute atomic E-state index is 0.253. The molecule has 21 heavy (non-hydrogen) atoms. The summed E-state index contributed by atoms with van der Waals surface area (Å²) < 4.78 is 15.4. The Bertz CT molecular complexity index is 656. The van der Waals surface area contributed by atoms with Crippen LogP contribution in [0.2, 0.25) is 5.02 Å². The molecule has 112 valence electrons. The van der Waals surface area contributed by atoms with Crippen molar-refractivity contribution in [2.75, 3.05) is 19.5 Å². The van der Waals surface area contributed by atoms with E-state index in [4.69, 9.17) is 25.5 Å². The normalized spacial score (nSPS) is 10.2. The van der Waals surface area contributed by atoms with Gasteiger partial charge in [0.2, 0.25) is 0 Å². The molecule has 2 aromatic rings. The van der Waals surface area contributed by atoms with Crippen LogP contribution in [-0.2, 0) is 6.54 Å². The summed E-state index contributed by atoms with van der Waals surface area (Å²) in [6.45, 7) is 0.253. The summed E-state index contributed by atoms with van der Waals surface area (Å²) in [6.07, 6.45) is 0. The first-order valence-corrected chi connectivity index (χ1v) is 6.31. The average Bonchev–Trinajstić information content (AvgIpc) is 2.94. The van der Waals surface area contributed by atoms with Crippen molar-refractivity contribution in [3.05, 3.63) is 45.2 Å². The van der Waals surface area contributed by atoms with Crippen molar-refractivity contribution < 1.29 is 18.8 Å². The Morgan fingerprint density at radius 1 is 1.29 bits per heavy atom. The number of rotatable bonds is 6. The van der Waals surface area contributed by atoms with Gasteiger partial charge in [0, 0.05) is 12.1 Å². The summed E-state index contributed by atoms with van der Waals surface area (Å²) in [7, 11) is 3.04. The minimum atomic E-state index is -0.590. The molecule has 1 aromatic carbocycles. The molecule has 0 unspecified atom stereocenters. The van der Waals surface area contributed by atoms with E-state index < -0.39 is 4.92 Å². The van der Waals surface area contributed by atoms with Crippen LogP contribution in [0.3, 0.4) is 0 Å². The average molecular weight is 313 g/mol. The van der Waals surface area contributed by atoms with Crippen molar-refractivity contribution in [2.24, 2.45) is 0 Å². The number of anilines is 1. The highest BCUT2D eigenvalue weighted by molar-refractivity contribution is 6.33. The van der Waals surface area contributed by atoms with Crippen molar-refractivity contribution in [1.29, 1.82) is 0 Å². The monoisotopic (exact) mass is 312 g/mol. The molecule has 1 heterocycles. The molecule has 8 heteroatoms. The van der Waals surface area contributed by atoms with Gasteiger partial charge in [0.25, 0.3) is 0 Å². The second-order valence-electron chi connectivity index (χ2n) is 4.04. The van der Waals surface area contributed by atoms with Crippen LogP contribution < -0.4 is 14.8 Å². The summed E-state index contributed by atoms with van der Waals surface area (Å²) in [5.74, 6) is 1.16. The fraction of sp³-hybridized carbons (Fsp3) is 0.231. The zero-order chi connectivity index (χ0) is 15.4. The quantitative estimate of drug-likeness (QED) is 0.649. The molecule has 0 fully saturated rings. The first kappa shape index (κ1) is 15.0. The van der Waals surface area contributed by atoms with E-state index in [1.165, 1.54) is 26.4 Å². The first-order chi connectivity index (χ1) is 10.0. The SMILES string of the molecule is COc1cc(Cl)c(NCc2ccc([N+](=O)[O-])o2)cc1OC. The van der Waals surface area contributed by atoms with Crippen LogP contribution in [0.4, 0.5) is 11.6 Å². The van der Waals surface area contributed by atoms with Crippen LogP contribution >= 0.6 is 11.6 Å². The van der Waals surface area contributed by atoms with Crippen molar-refractivity contribution in [3.8, 4) is 11.5 Å². The number of methoxy groups -OCH3 is 2. The van der Waals surface area contributed by atoms with Crippen molar-refractivity contribution in [3.63, 3.8) is 0 Å². The molecule has 0 aliphatic rings. The van der Waals surface area contributed by atoms with Gasteiger partial charge in [-0.15, -0.1) is 0 Å². The Morgan fingerprint density at radius 3 is 2.52 bits per heavy atom. The summed E-state index contributed by atoms with van der Waals surface area (Å²) in [4.78, 5) is 9.95. The van der Waals surface area contributed by atoms with Crippen LogP contribution in [0.15, 0.2) is 28.7 Å². The van der Waals surface area contributed by atoms with Crippen LogP contribution in [0.1, 0.15) is 5.76 Å². The van der Waals surface area contributed by atoms with Gasteiger partial charge in [0.15, 0.2) is 11.5 Å². The molecule has 0 atom stereocenters. The Morgan fingerprint density at radius 2 is 1.95 bits per heavy atom. The van der Waals surface area contributed by atoms with Crippen molar-refractivity contribution in [2.45, 2.75) is 6.54 Å². The van der Waals surface area contributed by atoms with Crippen LogP contribution in [0, 0.1) is 10.1 Å². The summed E-state index contributed by atoms with van der Waals surface area (Å²) in [5, 5.41) is 14.0. The first-order valence-electron chi connectivity index (χ1n) is 5.93. The molecular formula is C13H13ClN2O5. The minimum Gasteiger partial charge on any atom is -0.493 e. The van der Waals surface area contributed by atoms with E-state index in [0.717, 1.165) is 0 Å². The van der Waals surface area contributed by atoms with Gasteiger partial charge in [-0.2, -0.15) is 0 Å². The molecule has 0 aliphatic carbocycles. The molecule has 0 spiro atoms. The third-order valence-electron chi connectivity index (χ3n) is 2.75. The smallest absolute Gasteiger partial charge is 0.433 e. The third-order valence-corrected chi connectivity index (χ3v) is 3.07. The Balaban J connectivity index is 2.13. The standard InChI is InChI=1S/C13H13ClN2O5/c1-19-11-5-9(14)10(6-12(11)20-2)15-7-8-3-4-13(21-8)16(17)18/h3-6,15H,7H2,1-2H3. The molecule has 0 aliphatic heterocycles. The van der Waals surface area contributed by atoms with Crippen LogP contribution in [-0.4, -0.2) is 19.1 Å². The van der Waals surface area contributed by atoms with Crippen LogP contribution in [0.5, 0.6) is 11.5 Å². The lowest BCUT2D eigenvalue weighted by atomic mass is 10.2. The second-order valence-corrected chi connectivity index (χ2v) is 4.44. The van der Waals surface area contributed by atoms with E-state index in [2.05, 4.69) is 5.32 Å². The Kier molecular flexibility index (Phi) is 4.54. The van der Waals surface area contributed by atoms with Gasteiger partial charge in [0.1, 0.15) is 10.7 Å². The number of ether oxygens (including phenoxy) is 2. The summed E-state index contributed by atoms with van der Waals surface area (Å²) in [6, 6.07) is 6.12. The molecule has 0 saturated heterocycles. The van der Waals surface area contributed by atoms with E-state index in [1.54, 1.807) is 12.1 Å². The molecule has 1 aromatic heterocycles. The molecule has 7 nitrogen and oxygen atoms in total. The molecule has 2 rings (SSSR count). The van der Waals surface area contributed by atoms with Gasteiger partial charge >= 0.3 is 5.88 Å². The predicted octanol–water partition coefficient (Wildman–Crippen LogP) is 3.47. The van der Waals surface area contributed by atoms with Gasteiger partial charge < -0.3 is 19.2 Å². The van der Waals surface area contributed by atoms with Gasteiger partial charge in [-0.1, -0.05) is 11.6 Å². The second kappa shape index (κ2) is 6.36. The number of nitrogens with one attached hydrogen (secondary N) is 1. The van der Waals surface area contributed by atoms with E-state index in [0.29, 0.717) is 28.0 Å². The maximum Gasteiger partial charge on any atom is 0.433 e. The zero-order valence-corrected chi connectivity index (χ0v) is 12.1. The topological polar surface area (TPSA) is 86.8 Å². The van der Waals surface area contributed by atoms with E-state index in [9.17, 15) is 10.1 Å². The fourth-order valence-electron chi connectivity index (χ4n) is 1.73. The number of halogens is 1. The third kappa shape index (κ3) is 3.38. The lowest BCUT2D eigenvalue weighted by Crippen LogP contribution is -2.00. The summed E-state index contributed by atoms with van der Waals surface area (Å²) >= 11 is 6.12. The number of nitro groups is 1. The van der Waals surface area contributed by atoms with Gasteiger partial charge in [-0.3, -0.25) is 10.1 Å². The summed E-state index contributed by atoms with van der Waals surface area (Å²) in [5.41, 5.74) is 0.605. The molecule has 0 radical (unpaired) electrons. The Labute approximate surface area is 125 Å². The molecule has 1 N–H and O–H groups in total. The maximum atomic E-state index is 10.5. The highest BCUT2D eigenvalue weighted by atomic mass is 35.5. The maximum absolute atomic E-state index is 10.5. The molecule has 0 saturated carbocycles. The van der Waals surface area contributed by atoms with Gasteiger partial charge in [-0.05, 0) is 6.07 Å². The number of nitrogens with zero attached hydrogens (tertiary/aromatic N) is 1. The highest BCUT2D eigenvalue weighted by Gasteiger charge is 2.13. The molecular weight excluding hydrogens is 300 g/mol. The number of hydrogen-bond donors (Lipinski definition) is 1. The number of furan rings is 1. The lowest BCUT2D eigenvalue weighted by Gasteiger charge is -2.12. The van der Waals surface area contributed by atoms with E-state index >= 15 is 0 Å². The Hall–Kier alpha value is -2.41. The largest absolute Gasteiger partial charge is 0.493 e. The molecule has 0 bridgehead atoms. The van der Waals surface area contributed by atoms with Gasteiger partial charge in [0.05, 0.1) is 37.5 Å².